The van der Waals surface area contributed by atoms with Gasteiger partial charge in [0, 0.05) is 36.1 Å². The summed E-state index contributed by atoms with van der Waals surface area (Å²) in [4.78, 5) is 22.5. The number of hydrogen-bond acceptors (Lipinski definition) is 2. The summed E-state index contributed by atoms with van der Waals surface area (Å²) in [5.41, 5.74) is 3.46. The molecule has 0 unspecified atom stereocenters. The summed E-state index contributed by atoms with van der Waals surface area (Å²) >= 11 is 0. The summed E-state index contributed by atoms with van der Waals surface area (Å²) in [6.45, 7) is 4.81. The lowest BCUT2D eigenvalue weighted by Crippen LogP contribution is -2.27. The van der Waals surface area contributed by atoms with Crippen molar-refractivity contribution in [2.24, 2.45) is 5.92 Å². The molecule has 3 aromatic rings. The monoisotopic (exact) mass is 282 g/mol. The third-order valence-electron chi connectivity index (χ3n) is 3.37. The number of amides is 1. The Hall–Kier alpha value is -2.56. The number of H-pyrrole nitrogens is 2. The van der Waals surface area contributed by atoms with Gasteiger partial charge in [-0.2, -0.15) is 0 Å². The Balaban J connectivity index is 1.88. The number of fused-ring (bicyclic) bond motifs is 1. The van der Waals surface area contributed by atoms with Crippen molar-refractivity contribution in [3.05, 3.63) is 42.5 Å². The van der Waals surface area contributed by atoms with E-state index in [1.165, 1.54) is 0 Å². The smallest absolute Gasteiger partial charge is 0.267 e. The van der Waals surface area contributed by atoms with Crippen LogP contribution in [0.4, 0.5) is 0 Å². The first-order valence-corrected chi connectivity index (χ1v) is 7.04. The van der Waals surface area contributed by atoms with Crippen LogP contribution >= 0.6 is 0 Å². The quantitative estimate of drug-likeness (QED) is 0.688. The highest BCUT2D eigenvalue weighted by atomic mass is 16.1. The number of nitrogens with zero attached hydrogens (tertiary/aromatic N) is 1. The van der Waals surface area contributed by atoms with Crippen LogP contribution in [-0.2, 0) is 0 Å². The third kappa shape index (κ3) is 2.67. The van der Waals surface area contributed by atoms with E-state index in [1.807, 2.05) is 30.6 Å². The number of carbonyl (C=O) groups is 1. The second-order valence-corrected chi connectivity index (χ2v) is 5.50. The predicted molar refractivity (Wildman–Crippen MR) is 83.1 cm³/mol. The van der Waals surface area contributed by atoms with Gasteiger partial charge in [-0.25, -0.2) is 4.98 Å². The largest absolute Gasteiger partial charge is 0.357 e. The van der Waals surface area contributed by atoms with E-state index in [2.05, 4.69) is 34.1 Å². The molecular weight excluding hydrogens is 264 g/mol. The van der Waals surface area contributed by atoms with Gasteiger partial charge in [0.05, 0.1) is 0 Å². The Bertz CT molecular complexity index is 769. The Morgan fingerprint density at radius 1 is 1.33 bits per heavy atom. The molecule has 0 aliphatic rings. The highest BCUT2D eigenvalue weighted by molar-refractivity contribution is 5.97. The number of aromatic amines is 2. The van der Waals surface area contributed by atoms with Crippen molar-refractivity contribution in [1.29, 1.82) is 0 Å². The second kappa shape index (κ2) is 5.44. The van der Waals surface area contributed by atoms with Gasteiger partial charge in [0.25, 0.3) is 5.91 Å². The maximum Gasteiger partial charge on any atom is 0.267 e. The molecule has 3 N–H and O–H groups in total. The van der Waals surface area contributed by atoms with Crippen LogP contribution in [0, 0.1) is 5.92 Å². The van der Waals surface area contributed by atoms with Gasteiger partial charge >= 0.3 is 0 Å². The van der Waals surface area contributed by atoms with E-state index >= 15 is 0 Å². The molecular formula is C16H18N4O. The van der Waals surface area contributed by atoms with Gasteiger partial charge in [0.15, 0.2) is 0 Å². The van der Waals surface area contributed by atoms with Gasteiger partial charge in [0.1, 0.15) is 11.3 Å². The highest BCUT2D eigenvalue weighted by Gasteiger charge is 2.12. The lowest BCUT2D eigenvalue weighted by Gasteiger charge is -2.05. The Morgan fingerprint density at radius 3 is 3.00 bits per heavy atom. The van der Waals surface area contributed by atoms with E-state index in [0.29, 0.717) is 18.2 Å². The molecule has 21 heavy (non-hydrogen) atoms. The molecule has 0 bridgehead atoms. The molecule has 0 radical (unpaired) electrons. The zero-order chi connectivity index (χ0) is 14.8. The molecule has 5 heteroatoms. The molecule has 0 saturated heterocycles. The minimum absolute atomic E-state index is 0.0747. The molecule has 0 aliphatic heterocycles. The fourth-order valence-corrected chi connectivity index (χ4v) is 2.29. The molecule has 0 spiro atoms. The number of hydrogen-bond donors (Lipinski definition) is 3. The van der Waals surface area contributed by atoms with Gasteiger partial charge < -0.3 is 15.3 Å². The van der Waals surface area contributed by atoms with Gasteiger partial charge in [-0.1, -0.05) is 13.8 Å². The van der Waals surface area contributed by atoms with Crippen LogP contribution in [0.25, 0.3) is 22.2 Å². The number of carbonyl (C=O) groups excluding carboxylic acids is 1. The van der Waals surface area contributed by atoms with Crippen molar-refractivity contribution >= 4 is 16.9 Å². The van der Waals surface area contributed by atoms with Crippen LogP contribution in [0.2, 0.25) is 0 Å². The zero-order valence-corrected chi connectivity index (χ0v) is 12.1. The van der Waals surface area contributed by atoms with Crippen molar-refractivity contribution < 1.29 is 4.79 Å². The third-order valence-corrected chi connectivity index (χ3v) is 3.37. The molecule has 0 atom stereocenters. The van der Waals surface area contributed by atoms with Crippen molar-refractivity contribution in [3.63, 3.8) is 0 Å². The maximum atomic E-state index is 12.0. The van der Waals surface area contributed by atoms with Crippen LogP contribution < -0.4 is 5.32 Å². The van der Waals surface area contributed by atoms with Crippen molar-refractivity contribution in [3.8, 4) is 11.1 Å². The molecule has 1 amide bonds. The second-order valence-electron chi connectivity index (χ2n) is 5.50. The lowest BCUT2D eigenvalue weighted by atomic mass is 10.1. The molecule has 0 fully saturated rings. The number of pyridine rings is 1. The van der Waals surface area contributed by atoms with Crippen molar-refractivity contribution in [2.45, 2.75) is 13.8 Å². The average Bonchev–Trinajstić information content (AvgIpc) is 3.12. The molecule has 5 nitrogen and oxygen atoms in total. The van der Waals surface area contributed by atoms with E-state index in [9.17, 15) is 4.79 Å². The first kappa shape index (κ1) is 13.4. The van der Waals surface area contributed by atoms with E-state index in [0.717, 1.165) is 22.2 Å². The molecule has 3 heterocycles. The topological polar surface area (TPSA) is 73.6 Å². The van der Waals surface area contributed by atoms with Gasteiger partial charge in [-0.15, -0.1) is 0 Å². The summed E-state index contributed by atoms with van der Waals surface area (Å²) in [5, 5.41) is 3.95. The molecule has 0 aliphatic carbocycles. The summed E-state index contributed by atoms with van der Waals surface area (Å²) in [6, 6.07) is 5.82. The minimum Gasteiger partial charge on any atom is -0.357 e. The SMILES string of the molecule is CC(C)CNC(=O)c1cc(-c2ccnc3[nH]ccc23)c[nH]1. The highest BCUT2D eigenvalue weighted by Crippen LogP contribution is 2.27. The summed E-state index contributed by atoms with van der Waals surface area (Å²) in [7, 11) is 0. The molecule has 0 saturated carbocycles. The maximum absolute atomic E-state index is 12.0. The van der Waals surface area contributed by atoms with E-state index in [1.54, 1.807) is 6.20 Å². The Kier molecular flexibility index (Phi) is 3.48. The summed E-state index contributed by atoms with van der Waals surface area (Å²) in [6.07, 6.45) is 5.48. The first-order chi connectivity index (χ1) is 10.1. The molecule has 3 aromatic heterocycles. The average molecular weight is 282 g/mol. The van der Waals surface area contributed by atoms with E-state index in [4.69, 9.17) is 0 Å². The van der Waals surface area contributed by atoms with Crippen LogP contribution in [0.5, 0.6) is 0 Å². The van der Waals surface area contributed by atoms with E-state index < -0.39 is 0 Å². The van der Waals surface area contributed by atoms with Crippen molar-refractivity contribution in [2.75, 3.05) is 6.54 Å². The number of aromatic nitrogens is 3. The molecule has 0 aromatic carbocycles. The van der Waals surface area contributed by atoms with Gasteiger partial charge in [-0.05, 0) is 29.7 Å². The molecule has 3 rings (SSSR count). The molecule has 108 valence electrons. The van der Waals surface area contributed by atoms with Crippen LogP contribution in [0.3, 0.4) is 0 Å². The first-order valence-electron chi connectivity index (χ1n) is 7.04. The zero-order valence-electron chi connectivity index (χ0n) is 12.1. The Labute approximate surface area is 122 Å². The fourth-order valence-electron chi connectivity index (χ4n) is 2.29. The van der Waals surface area contributed by atoms with Crippen LogP contribution in [0.15, 0.2) is 36.8 Å². The minimum atomic E-state index is -0.0747. The van der Waals surface area contributed by atoms with E-state index in [-0.39, 0.29) is 5.91 Å². The van der Waals surface area contributed by atoms with Gasteiger partial charge in [0.2, 0.25) is 0 Å². The fraction of sp³-hybridized carbons (Fsp3) is 0.250. The standard InChI is InChI=1S/C16H18N4O/c1-10(2)8-20-16(21)14-7-11(9-19-14)12-3-5-17-15-13(12)4-6-18-15/h3-7,9-10,19H,8H2,1-2H3,(H,17,18)(H,20,21). The lowest BCUT2D eigenvalue weighted by molar-refractivity contribution is 0.0944. The summed E-state index contributed by atoms with van der Waals surface area (Å²) in [5.74, 6) is 0.359. The van der Waals surface area contributed by atoms with Crippen LogP contribution in [-0.4, -0.2) is 27.4 Å². The number of rotatable bonds is 4. The van der Waals surface area contributed by atoms with Gasteiger partial charge in [-0.3, -0.25) is 4.79 Å². The normalized spacial score (nSPS) is 11.2. The van der Waals surface area contributed by atoms with Crippen LogP contribution in [0.1, 0.15) is 24.3 Å². The predicted octanol–water partition coefficient (Wildman–Crippen LogP) is 2.94. The Morgan fingerprint density at radius 2 is 2.19 bits per heavy atom. The number of nitrogens with one attached hydrogen (secondary N) is 3. The summed E-state index contributed by atoms with van der Waals surface area (Å²) < 4.78 is 0. The van der Waals surface area contributed by atoms with Crippen molar-refractivity contribution in [1.82, 2.24) is 20.3 Å².